The molecule has 36 valence electrons. The van der Waals surface area contributed by atoms with E-state index in [0.717, 1.165) is 0 Å². The Morgan fingerprint density at radius 1 is 1.00 bits per heavy atom. The number of rotatable bonds is 0. The van der Waals surface area contributed by atoms with Gasteiger partial charge < -0.3 is 5.48 Å². The maximum absolute atomic E-state index is 0. The molecule has 0 amide bonds. The van der Waals surface area contributed by atoms with Crippen LogP contribution in [0.3, 0.4) is 0 Å². The Kier molecular flexibility index (Phi) is 722. The smallest absolute Gasteiger partial charge is 2.00 e. The van der Waals surface area contributed by atoms with Gasteiger partial charge in [0.1, 0.15) is 0 Å². The molecule has 1 nitrogen and oxygen atoms in total. The molecule has 0 fully saturated rings. The fourth-order valence-electron chi connectivity index (χ4n) is 0. The van der Waals surface area contributed by atoms with Crippen LogP contribution >= 0.6 is 0 Å². The number of hydrogen-bond donors (Lipinski definition) is 0. The van der Waals surface area contributed by atoms with Crippen molar-refractivity contribution in [2.24, 2.45) is 0 Å². The molecule has 4 heavy (non-hydrogen) atoms. The second-order valence-corrected chi connectivity index (χ2v) is 0. The van der Waals surface area contributed by atoms with Gasteiger partial charge in [0.15, 0.2) is 0 Å². The van der Waals surface area contributed by atoms with Crippen molar-refractivity contribution in [3.63, 3.8) is 0 Å². The largest absolute Gasteiger partial charge is 2.00 e. The van der Waals surface area contributed by atoms with E-state index in [2.05, 4.69) is 0 Å². The third kappa shape index (κ3) is 12.0. The van der Waals surface area contributed by atoms with Crippen LogP contribution in [0.25, 0.3) is 0 Å². The van der Waals surface area contributed by atoms with Crippen LogP contribution in [0.5, 0.6) is 0 Å². The van der Waals surface area contributed by atoms with Gasteiger partial charge in [0, 0.05) is 17.1 Å². The van der Waals surface area contributed by atoms with Crippen molar-refractivity contribution in [3.05, 3.63) is 0 Å². The molecule has 0 saturated carbocycles. The third-order valence-electron chi connectivity index (χ3n) is 0. The van der Waals surface area contributed by atoms with Gasteiger partial charge in [0.05, 0.1) is 0 Å². The fraction of sp³-hybridized carbons (Fsp3) is 1.00. The number of hydrogen-bond acceptors (Lipinski definition) is 0. The van der Waals surface area contributed by atoms with Gasteiger partial charge in [-0.3, -0.25) is 0 Å². The summed E-state index contributed by atoms with van der Waals surface area (Å²) in [6.45, 7) is 0. The Labute approximate surface area is 47.4 Å². The molecule has 0 bridgehead atoms. The molecule has 0 N–H and O–H groups in total. The first kappa shape index (κ1) is 80.1. The summed E-state index contributed by atoms with van der Waals surface area (Å²) in [5.74, 6) is 0. The molecule has 3 heteroatoms. The van der Waals surface area contributed by atoms with Crippen molar-refractivity contribution in [1.82, 2.24) is 0 Å². The molecule has 0 aromatic carbocycles. The second kappa shape index (κ2) is 36.0. The standard InChI is InChI=1S/CH4.2Cu.O/h1H4;;;/q;;+2;-2. The van der Waals surface area contributed by atoms with Crippen molar-refractivity contribution in [1.29, 1.82) is 0 Å². The Morgan fingerprint density at radius 3 is 1.00 bits per heavy atom. The van der Waals surface area contributed by atoms with Crippen LogP contribution in [0.1, 0.15) is 7.43 Å². The van der Waals surface area contributed by atoms with E-state index in [0.29, 0.717) is 0 Å². The Morgan fingerprint density at radius 2 is 1.00 bits per heavy atom. The van der Waals surface area contributed by atoms with E-state index in [9.17, 15) is 0 Å². The zero-order chi connectivity index (χ0) is 0. The van der Waals surface area contributed by atoms with Crippen LogP contribution in [-0.2, 0) is 39.6 Å². The molecule has 0 spiro atoms. The molecule has 0 aliphatic rings. The first-order valence-electron chi connectivity index (χ1n) is 0. The van der Waals surface area contributed by atoms with Gasteiger partial charge in [-0.15, -0.1) is 0 Å². The molecule has 0 rings (SSSR count). The SMILES string of the molecule is C.[Cu+2].[Cu].[O-2]. The summed E-state index contributed by atoms with van der Waals surface area (Å²) in [6.07, 6.45) is 0. The summed E-state index contributed by atoms with van der Waals surface area (Å²) in [7, 11) is 0. The molecule has 0 saturated heterocycles. The van der Waals surface area contributed by atoms with Crippen molar-refractivity contribution in [2.45, 2.75) is 7.43 Å². The van der Waals surface area contributed by atoms with E-state index in [4.69, 9.17) is 0 Å². The maximum atomic E-state index is 0. The van der Waals surface area contributed by atoms with Crippen LogP contribution in [0.15, 0.2) is 0 Å². The van der Waals surface area contributed by atoms with E-state index in [1.54, 1.807) is 0 Å². The van der Waals surface area contributed by atoms with Crippen molar-refractivity contribution in [2.75, 3.05) is 0 Å². The van der Waals surface area contributed by atoms with Crippen molar-refractivity contribution >= 4 is 0 Å². The van der Waals surface area contributed by atoms with Crippen LogP contribution < -0.4 is 0 Å². The minimum absolute atomic E-state index is 0. The Balaban J connectivity index is 0. The maximum Gasteiger partial charge on any atom is 2.00 e. The van der Waals surface area contributed by atoms with E-state index >= 15 is 0 Å². The van der Waals surface area contributed by atoms with Gasteiger partial charge in [-0.25, -0.2) is 0 Å². The van der Waals surface area contributed by atoms with E-state index in [-0.39, 0.29) is 47.0 Å². The summed E-state index contributed by atoms with van der Waals surface area (Å²) in [6, 6.07) is 0. The van der Waals surface area contributed by atoms with E-state index in [1.165, 1.54) is 0 Å². The van der Waals surface area contributed by atoms with Gasteiger partial charge in [0.25, 0.3) is 0 Å². The molecular formula is CH4Cu2O. The van der Waals surface area contributed by atoms with Crippen LogP contribution in [0, 0.1) is 0 Å². The van der Waals surface area contributed by atoms with Crippen LogP contribution in [0.4, 0.5) is 0 Å². The minimum Gasteiger partial charge on any atom is -2.00 e. The molecule has 0 atom stereocenters. The molecule has 0 aromatic rings. The molecular weight excluding hydrogens is 155 g/mol. The van der Waals surface area contributed by atoms with Crippen LogP contribution in [-0.4, -0.2) is 0 Å². The van der Waals surface area contributed by atoms with Gasteiger partial charge in [-0.2, -0.15) is 0 Å². The summed E-state index contributed by atoms with van der Waals surface area (Å²) in [5, 5.41) is 0. The monoisotopic (exact) mass is 158 g/mol. The predicted octanol–water partition coefficient (Wildman–Crippen LogP) is 0.512. The third-order valence-corrected chi connectivity index (χ3v) is 0. The summed E-state index contributed by atoms with van der Waals surface area (Å²) in [5.41, 5.74) is 0. The quantitative estimate of drug-likeness (QED) is 0.461. The molecule has 0 unspecified atom stereocenters. The fourth-order valence-corrected chi connectivity index (χ4v) is 0. The molecule has 0 aromatic heterocycles. The minimum atomic E-state index is 0. The van der Waals surface area contributed by atoms with Gasteiger partial charge in [-0.05, 0) is 0 Å². The second-order valence-electron chi connectivity index (χ2n) is 0. The van der Waals surface area contributed by atoms with Gasteiger partial charge in [-0.1, -0.05) is 7.43 Å². The molecule has 0 aliphatic carbocycles. The average molecular weight is 159 g/mol. The van der Waals surface area contributed by atoms with Crippen LogP contribution in [0.2, 0.25) is 0 Å². The Bertz CT molecular complexity index is 6.00. The Hall–Kier alpha value is 0.999. The first-order valence-corrected chi connectivity index (χ1v) is 0. The normalized spacial score (nSPS) is 0. The predicted molar refractivity (Wildman–Crippen MR) is 7.42 cm³/mol. The van der Waals surface area contributed by atoms with Crippen molar-refractivity contribution in [3.8, 4) is 0 Å². The summed E-state index contributed by atoms with van der Waals surface area (Å²) >= 11 is 0. The molecule has 2 radical (unpaired) electrons. The topological polar surface area (TPSA) is 28.5 Å². The van der Waals surface area contributed by atoms with E-state index in [1.807, 2.05) is 0 Å². The van der Waals surface area contributed by atoms with Crippen molar-refractivity contribution < 1.29 is 39.6 Å². The van der Waals surface area contributed by atoms with Gasteiger partial charge in [0.2, 0.25) is 0 Å². The average Bonchev–Trinajstić information content (AvgIpc) is 0. The first-order chi connectivity index (χ1) is 0. The van der Waals surface area contributed by atoms with Gasteiger partial charge >= 0.3 is 17.1 Å². The summed E-state index contributed by atoms with van der Waals surface area (Å²) in [4.78, 5) is 0. The summed E-state index contributed by atoms with van der Waals surface area (Å²) < 4.78 is 0. The molecule has 0 heterocycles. The molecule has 0 aliphatic heterocycles. The van der Waals surface area contributed by atoms with E-state index < -0.39 is 0 Å². The zero-order valence-electron chi connectivity index (χ0n) is 1.01. The zero-order valence-corrected chi connectivity index (χ0v) is 2.89.